The normalized spacial score (nSPS) is 14.8. The highest BCUT2D eigenvalue weighted by Crippen LogP contribution is 2.40. The smallest absolute Gasteiger partial charge is 0.258 e. The first-order valence-electron chi connectivity index (χ1n) is 10.7. The number of hydrazone groups is 1. The van der Waals surface area contributed by atoms with Crippen LogP contribution in [0.3, 0.4) is 0 Å². The number of nitrogens with one attached hydrogen (secondary N) is 1. The van der Waals surface area contributed by atoms with Crippen LogP contribution in [0.2, 0.25) is 0 Å². The molecule has 2 heterocycles. The Kier molecular flexibility index (Phi) is 7.80. The van der Waals surface area contributed by atoms with Crippen molar-refractivity contribution in [3.05, 3.63) is 47.2 Å². The van der Waals surface area contributed by atoms with Crippen molar-refractivity contribution in [2.24, 2.45) is 16.8 Å². The van der Waals surface area contributed by atoms with Gasteiger partial charge in [-0.05, 0) is 62.5 Å². The van der Waals surface area contributed by atoms with Gasteiger partial charge in [-0.15, -0.1) is 0 Å². The number of rotatable bonds is 7. The van der Waals surface area contributed by atoms with E-state index in [1.165, 1.54) is 10.6 Å². The highest BCUT2D eigenvalue weighted by atomic mass is 32.2. The van der Waals surface area contributed by atoms with Crippen LogP contribution in [0.25, 0.3) is 0 Å². The third kappa shape index (κ3) is 5.38. The Balaban J connectivity index is 1.88. The van der Waals surface area contributed by atoms with Crippen molar-refractivity contribution in [3.63, 3.8) is 0 Å². The number of aromatic nitrogens is 1. The minimum absolute atomic E-state index is 0.177. The molecule has 0 saturated heterocycles. The minimum atomic E-state index is -0.413. The van der Waals surface area contributed by atoms with E-state index >= 15 is 0 Å². The Morgan fingerprint density at radius 3 is 2.67 bits per heavy atom. The number of fused-ring (bicyclic) bond motifs is 1. The molecule has 0 radical (unpaired) electrons. The number of amides is 1. The van der Waals surface area contributed by atoms with Crippen LogP contribution >= 0.6 is 11.9 Å². The molecule has 0 saturated carbocycles. The van der Waals surface area contributed by atoms with E-state index < -0.39 is 6.04 Å². The second kappa shape index (κ2) is 10.4. The molecule has 11 heteroatoms. The molecule has 0 fully saturated rings. The number of aliphatic hydroxyl groups is 1. The van der Waals surface area contributed by atoms with Gasteiger partial charge in [0.05, 0.1) is 18.2 Å². The number of nitrogens with two attached hydrogens (primary N) is 2. The molecule has 0 spiro atoms. The van der Waals surface area contributed by atoms with Gasteiger partial charge in [0.1, 0.15) is 11.5 Å². The summed E-state index contributed by atoms with van der Waals surface area (Å²) < 4.78 is 2.29. The van der Waals surface area contributed by atoms with Gasteiger partial charge in [0.2, 0.25) is 0 Å². The summed E-state index contributed by atoms with van der Waals surface area (Å²) in [5.41, 5.74) is 2.98. The average Bonchev–Trinajstić information content (AvgIpc) is 3.22. The van der Waals surface area contributed by atoms with Gasteiger partial charge in [-0.3, -0.25) is 9.80 Å². The lowest BCUT2D eigenvalue weighted by Gasteiger charge is -2.25. The zero-order valence-corrected chi connectivity index (χ0v) is 20.4. The number of anilines is 2. The molecule has 33 heavy (non-hydrogen) atoms. The number of carbonyl (C=O) groups is 1. The van der Waals surface area contributed by atoms with Crippen molar-refractivity contribution in [1.29, 1.82) is 0 Å². The summed E-state index contributed by atoms with van der Waals surface area (Å²) in [6.07, 6.45) is 0. The van der Waals surface area contributed by atoms with Gasteiger partial charge in [-0.25, -0.2) is 15.1 Å². The summed E-state index contributed by atoms with van der Waals surface area (Å²) in [5, 5.41) is 17.2. The van der Waals surface area contributed by atoms with Crippen molar-refractivity contribution in [2.75, 3.05) is 30.9 Å². The van der Waals surface area contributed by atoms with Gasteiger partial charge >= 0.3 is 0 Å². The molecule has 1 atom stereocenters. The van der Waals surface area contributed by atoms with E-state index in [2.05, 4.69) is 39.6 Å². The molecule has 2 aromatic rings. The van der Waals surface area contributed by atoms with Crippen LogP contribution in [-0.2, 0) is 6.54 Å². The Hall–Kier alpha value is -2.86. The van der Waals surface area contributed by atoms with E-state index in [0.29, 0.717) is 23.1 Å². The van der Waals surface area contributed by atoms with Crippen molar-refractivity contribution in [3.8, 4) is 0 Å². The number of amidine groups is 1. The van der Waals surface area contributed by atoms with E-state index in [4.69, 9.17) is 11.7 Å². The maximum atomic E-state index is 13.3. The zero-order valence-electron chi connectivity index (χ0n) is 19.6. The number of benzene rings is 1. The van der Waals surface area contributed by atoms with Gasteiger partial charge in [-0.1, -0.05) is 6.07 Å². The molecule has 1 aromatic carbocycles. The second-order valence-corrected chi connectivity index (χ2v) is 9.48. The molecule has 3 rings (SSSR count). The number of nitrogens with zero attached hydrogens (tertiary/aromatic N) is 5. The van der Waals surface area contributed by atoms with Gasteiger partial charge in [0.25, 0.3) is 5.91 Å². The van der Waals surface area contributed by atoms with Gasteiger partial charge in [-0.2, -0.15) is 5.10 Å². The SMILES string of the molecule is CC(C)N1Cc2cc(N(C)C)c(C(=O)Nc3cccc(/C(=N/N)N(N)C(C)CO)n3)cc2S1. The fraction of sp³-hybridized carbons (Fsp3) is 0.409. The summed E-state index contributed by atoms with van der Waals surface area (Å²) in [5.74, 6) is 11.8. The Morgan fingerprint density at radius 2 is 2.06 bits per heavy atom. The molecule has 1 amide bonds. The number of carbonyl (C=O) groups excluding carboxylic acids is 1. The van der Waals surface area contributed by atoms with Crippen LogP contribution in [0.1, 0.15) is 42.4 Å². The van der Waals surface area contributed by atoms with Gasteiger partial charge in [0, 0.05) is 37.3 Å². The number of aliphatic hydroxyl groups excluding tert-OH is 1. The van der Waals surface area contributed by atoms with E-state index in [1.807, 2.05) is 25.1 Å². The third-order valence-corrected chi connectivity index (χ3v) is 6.71. The quantitative estimate of drug-likeness (QED) is 0.156. The predicted octanol–water partition coefficient (Wildman–Crippen LogP) is 1.81. The van der Waals surface area contributed by atoms with E-state index in [9.17, 15) is 9.90 Å². The Morgan fingerprint density at radius 1 is 1.33 bits per heavy atom. The summed E-state index contributed by atoms with van der Waals surface area (Å²) in [6.45, 7) is 6.70. The monoisotopic (exact) mass is 472 g/mol. The third-order valence-electron chi connectivity index (χ3n) is 5.35. The van der Waals surface area contributed by atoms with Gasteiger partial charge in [0.15, 0.2) is 5.84 Å². The molecule has 1 unspecified atom stereocenters. The molecular formula is C22H32N8O2S. The molecule has 0 aliphatic carbocycles. The van der Waals surface area contributed by atoms with E-state index in [1.54, 1.807) is 37.1 Å². The fourth-order valence-corrected chi connectivity index (χ4v) is 4.44. The molecule has 1 aliphatic rings. The molecule has 1 aliphatic heterocycles. The van der Waals surface area contributed by atoms with E-state index in [0.717, 1.165) is 17.1 Å². The first-order valence-corrected chi connectivity index (χ1v) is 11.4. The topological polar surface area (TPSA) is 136 Å². The first kappa shape index (κ1) is 24.8. The van der Waals surface area contributed by atoms with Crippen molar-refractivity contribution in [2.45, 2.75) is 44.3 Å². The summed E-state index contributed by atoms with van der Waals surface area (Å²) in [7, 11) is 3.84. The molecule has 178 valence electrons. The number of pyridine rings is 1. The molecular weight excluding hydrogens is 440 g/mol. The molecule has 10 nitrogen and oxygen atoms in total. The minimum Gasteiger partial charge on any atom is -0.394 e. The first-order chi connectivity index (χ1) is 15.7. The lowest BCUT2D eigenvalue weighted by atomic mass is 10.1. The predicted molar refractivity (Wildman–Crippen MR) is 133 cm³/mol. The highest BCUT2D eigenvalue weighted by Gasteiger charge is 2.26. The number of hydrogen-bond donors (Lipinski definition) is 4. The van der Waals surface area contributed by atoms with Crippen LogP contribution in [0.15, 0.2) is 40.3 Å². The second-order valence-electron chi connectivity index (χ2n) is 8.39. The largest absolute Gasteiger partial charge is 0.394 e. The van der Waals surface area contributed by atoms with Crippen LogP contribution in [-0.4, -0.2) is 63.9 Å². The highest BCUT2D eigenvalue weighted by molar-refractivity contribution is 7.97. The lowest BCUT2D eigenvalue weighted by Crippen LogP contribution is -2.47. The molecule has 1 aromatic heterocycles. The zero-order chi connectivity index (χ0) is 24.3. The molecule has 0 bridgehead atoms. The van der Waals surface area contributed by atoms with Crippen molar-refractivity contribution in [1.82, 2.24) is 14.3 Å². The summed E-state index contributed by atoms with van der Waals surface area (Å²) >= 11 is 1.67. The van der Waals surface area contributed by atoms with Gasteiger partial charge < -0.3 is 21.2 Å². The Labute approximate surface area is 198 Å². The Bertz CT molecular complexity index is 1040. The van der Waals surface area contributed by atoms with E-state index in [-0.39, 0.29) is 18.3 Å². The van der Waals surface area contributed by atoms with Crippen LogP contribution in [0.4, 0.5) is 11.5 Å². The average molecular weight is 473 g/mol. The maximum absolute atomic E-state index is 13.3. The summed E-state index contributed by atoms with van der Waals surface area (Å²) in [6, 6.07) is 9.09. The van der Waals surface area contributed by atoms with Crippen molar-refractivity contribution >= 4 is 35.2 Å². The summed E-state index contributed by atoms with van der Waals surface area (Å²) in [4.78, 5) is 20.7. The fourth-order valence-electron chi connectivity index (χ4n) is 3.36. The standard InChI is InChI=1S/C22H32N8O2S/c1-13(2)29-11-15-9-18(28(4)5)16(10-19(15)33-29)22(32)26-20-8-6-7-17(25-20)21(27-23)30(24)14(3)12-31/h6-10,13-14,31H,11-12,23-24H2,1-5H3,(H,25,26,32)/b27-21-. The number of hydrazine groups is 1. The van der Waals surface area contributed by atoms with Crippen LogP contribution in [0.5, 0.6) is 0 Å². The molecule has 6 N–H and O–H groups in total. The van der Waals surface area contributed by atoms with Crippen molar-refractivity contribution < 1.29 is 9.90 Å². The van der Waals surface area contributed by atoms with Crippen LogP contribution in [0, 0.1) is 0 Å². The van der Waals surface area contributed by atoms with Crippen LogP contribution < -0.4 is 21.9 Å². The number of hydrogen-bond acceptors (Lipinski definition) is 9. The maximum Gasteiger partial charge on any atom is 0.258 e. The lowest BCUT2D eigenvalue weighted by molar-refractivity contribution is 0.102.